The highest BCUT2D eigenvalue weighted by Gasteiger charge is 2.31. The SMILES string of the molecule is CC1CC(CCCOC#N)C(COC#N)C1. The van der Waals surface area contributed by atoms with Gasteiger partial charge in [-0.3, -0.25) is 0 Å². The van der Waals surface area contributed by atoms with Crippen LogP contribution < -0.4 is 0 Å². The first kappa shape index (κ1) is 12.6. The fraction of sp³-hybridized carbons (Fsp3) is 0.833. The molecule has 1 saturated carbocycles. The molecule has 1 fully saturated rings. The van der Waals surface area contributed by atoms with Gasteiger partial charge in [0.05, 0.1) is 0 Å². The van der Waals surface area contributed by atoms with Crippen LogP contribution in [0.3, 0.4) is 0 Å². The normalized spacial score (nSPS) is 28.1. The van der Waals surface area contributed by atoms with Gasteiger partial charge in [-0.25, -0.2) is 0 Å². The summed E-state index contributed by atoms with van der Waals surface area (Å²) in [5.41, 5.74) is 0. The number of hydrogen-bond donors (Lipinski definition) is 0. The van der Waals surface area contributed by atoms with E-state index in [1.807, 2.05) is 0 Å². The van der Waals surface area contributed by atoms with E-state index in [1.165, 1.54) is 6.42 Å². The van der Waals surface area contributed by atoms with Crippen molar-refractivity contribution in [3.63, 3.8) is 0 Å². The van der Waals surface area contributed by atoms with Crippen LogP contribution >= 0.6 is 0 Å². The fourth-order valence-corrected chi connectivity index (χ4v) is 2.68. The highest BCUT2D eigenvalue weighted by atomic mass is 16.5. The summed E-state index contributed by atoms with van der Waals surface area (Å²) in [5.74, 6) is 1.83. The summed E-state index contributed by atoms with van der Waals surface area (Å²) in [6.45, 7) is 3.29. The predicted octanol–water partition coefficient (Wildman–Crippen LogP) is 2.42. The summed E-state index contributed by atoms with van der Waals surface area (Å²) in [4.78, 5) is 0. The zero-order chi connectivity index (χ0) is 11.8. The van der Waals surface area contributed by atoms with E-state index in [0.29, 0.717) is 31.0 Å². The van der Waals surface area contributed by atoms with Crippen molar-refractivity contribution >= 4 is 0 Å². The molecule has 0 aromatic heterocycles. The second-order valence-electron chi connectivity index (χ2n) is 4.58. The Labute approximate surface area is 96.8 Å². The molecule has 0 N–H and O–H groups in total. The summed E-state index contributed by atoms with van der Waals surface area (Å²) in [6.07, 6.45) is 7.73. The summed E-state index contributed by atoms with van der Waals surface area (Å²) < 4.78 is 9.50. The molecule has 0 heterocycles. The summed E-state index contributed by atoms with van der Waals surface area (Å²) >= 11 is 0. The van der Waals surface area contributed by atoms with Crippen molar-refractivity contribution in [2.45, 2.75) is 32.6 Å². The molecule has 4 nitrogen and oxygen atoms in total. The van der Waals surface area contributed by atoms with Gasteiger partial charge in [-0.2, -0.15) is 10.5 Å². The quantitative estimate of drug-likeness (QED) is 0.511. The van der Waals surface area contributed by atoms with Crippen LogP contribution in [-0.2, 0) is 9.47 Å². The van der Waals surface area contributed by atoms with Gasteiger partial charge in [0.25, 0.3) is 12.5 Å². The lowest BCUT2D eigenvalue weighted by molar-refractivity contribution is 0.169. The molecule has 16 heavy (non-hydrogen) atoms. The van der Waals surface area contributed by atoms with Crippen LogP contribution in [0.5, 0.6) is 0 Å². The Morgan fingerprint density at radius 1 is 1.12 bits per heavy atom. The van der Waals surface area contributed by atoms with Crippen molar-refractivity contribution in [2.75, 3.05) is 13.2 Å². The van der Waals surface area contributed by atoms with E-state index < -0.39 is 0 Å². The van der Waals surface area contributed by atoms with Crippen molar-refractivity contribution in [3.8, 4) is 12.5 Å². The third-order valence-corrected chi connectivity index (χ3v) is 3.32. The molecule has 0 aromatic rings. The molecule has 1 aliphatic rings. The molecule has 0 amide bonds. The van der Waals surface area contributed by atoms with Crippen LogP contribution in [0.2, 0.25) is 0 Å². The van der Waals surface area contributed by atoms with E-state index in [2.05, 4.69) is 11.7 Å². The van der Waals surface area contributed by atoms with Crippen LogP contribution in [0.15, 0.2) is 0 Å². The van der Waals surface area contributed by atoms with E-state index in [9.17, 15) is 0 Å². The largest absolute Gasteiger partial charge is 0.428 e. The van der Waals surface area contributed by atoms with E-state index in [0.717, 1.165) is 19.3 Å². The van der Waals surface area contributed by atoms with Gasteiger partial charge in [0.2, 0.25) is 0 Å². The third kappa shape index (κ3) is 3.98. The average Bonchev–Trinajstić information content (AvgIpc) is 2.62. The topological polar surface area (TPSA) is 66.0 Å². The monoisotopic (exact) mass is 222 g/mol. The van der Waals surface area contributed by atoms with Gasteiger partial charge in [-0.05, 0) is 43.4 Å². The van der Waals surface area contributed by atoms with E-state index >= 15 is 0 Å². The van der Waals surface area contributed by atoms with Crippen LogP contribution in [0.4, 0.5) is 0 Å². The van der Waals surface area contributed by atoms with Gasteiger partial charge in [0.1, 0.15) is 13.2 Å². The number of nitrogens with zero attached hydrogens (tertiary/aromatic N) is 2. The smallest absolute Gasteiger partial charge is 0.286 e. The van der Waals surface area contributed by atoms with Crippen LogP contribution in [0, 0.1) is 40.8 Å². The minimum atomic E-state index is 0.497. The van der Waals surface area contributed by atoms with Crippen molar-refractivity contribution in [1.82, 2.24) is 0 Å². The number of nitriles is 2. The highest BCUT2D eigenvalue weighted by Crippen LogP contribution is 2.38. The average molecular weight is 222 g/mol. The van der Waals surface area contributed by atoms with Gasteiger partial charge in [0, 0.05) is 0 Å². The second kappa shape index (κ2) is 6.95. The zero-order valence-electron chi connectivity index (χ0n) is 9.69. The lowest BCUT2D eigenvalue weighted by atomic mass is 9.92. The summed E-state index contributed by atoms with van der Waals surface area (Å²) in [5, 5.41) is 16.6. The van der Waals surface area contributed by atoms with Crippen LogP contribution in [0.25, 0.3) is 0 Å². The molecule has 0 radical (unpaired) electrons. The standard InChI is InChI=1S/C12H18N2O2/c1-10-5-11(3-2-4-15-8-13)12(6-10)7-16-9-14/h10-12H,2-7H2,1H3. The molecule has 88 valence electrons. The first-order valence-corrected chi connectivity index (χ1v) is 5.79. The van der Waals surface area contributed by atoms with Gasteiger partial charge >= 0.3 is 0 Å². The Balaban J connectivity index is 2.26. The molecule has 1 rings (SSSR count). The zero-order valence-corrected chi connectivity index (χ0v) is 9.69. The molecule has 0 spiro atoms. The summed E-state index contributed by atoms with van der Waals surface area (Å²) in [6, 6.07) is 0. The number of ether oxygens (including phenoxy) is 2. The molecular weight excluding hydrogens is 204 g/mol. The molecular formula is C12H18N2O2. The lowest BCUT2D eigenvalue weighted by Gasteiger charge is -2.17. The molecule has 0 aromatic carbocycles. The van der Waals surface area contributed by atoms with Gasteiger partial charge in [-0.1, -0.05) is 6.92 Å². The lowest BCUT2D eigenvalue weighted by Crippen LogP contribution is -2.14. The Hall–Kier alpha value is -1.42. The van der Waals surface area contributed by atoms with Crippen molar-refractivity contribution < 1.29 is 9.47 Å². The second-order valence-corrected chi connectivity index (χ2v) is 4.58. The predicted molar refractivity (Wildman–Crippen MR) is 57.7 cm³/mol. The molecule has 0 saturated heterocycles. The minimum absolute atomic E-state index is 0.497. The maximum Gasteiger partial charge on any atom is 0.286 e. The maximum atomic E-state index is 8.40. The number of rotatable bonds is 6. The van der Waals surface area contributed by atoms with E-state index in [-0.39, 0.29) is 0 Å². The van der Waals surface area contributed by atoms with E-state index in [4.69, 9.17) is 15.3 Å². The van der Waals surface area contributed by atoms with Gasteiger partial charge in [-0.15, -0.1) is 0 Å². The third-order valence-electron chi connectivity index (χ3n) is 3.32. The van der Waals surface area contributed by atoms with Crippen molar-refractivity contribution in [2.24, 2.45) is 17.8 Å². The number of hydrogen-bond acceptors (Lipinski definition) is 4. The van der Waals surface area contributed by atoms with Crippen LogP contribution in [0.1, 0.15) is 32.6 Å². The highest BCUT2D eigenvalue weighted by molar-refractivity contribution is 4.82. The van der Waals surface area contributed by atoms with E-state index in [1.54, 1.807) is 12.5 Å². The molecule has 0 bridgehead atoms. The Morgan fingerprint density at radius 3 is 2.50 bits per heavy atom. The Morgan fingerprint density at radius 2 is 1.81 bits per heavy atom. The molecule has 3 atom stereocenters. The molecule has 1 aliphatic carbocycles. The van der Waals surface area contributed by atoms with Gasteiger partial charge in [0.15, 0.2) is 0 Å². The first-order valence-electron chi connectivity index (χ1n) is 5.79. The van der Waals surface area contributed by atoms with Crippen molar-refractivity contribution in [3.05, 3.63) is 0 Å². The van der Waals surface area contributed by atoms with Crippen molar-refractivity contribution in [1.29, 1.82) is 10.5 Å². The fourth-order valence-electron chi connectivity index (χ4n) is 2.68. The molecule has 3 unspecified atom stereocenters. The minimum Gasteiger partial charge on any atom is -0.428 e. The Bertz CT molecular complexity index is 280. The van der Waals surface area contributed by atoms with Crippen LogP contribution in [-0.4, -0.2) is 13.2 Å². The maximum absolute atomic E-state index is 8.40. The first-order chi connectivity index (χ1) is 7.77. The molecule has 4 heteroatoms. The Kier molecular flexibility index (Phi) is 5.50. The summed E-state index contributed by atoms with van der Waals surface area (Å²) in [7, 11) is 0. The van der Waals surface area contributed by atoms with Gasteiger partial charge < -0.3 is 9.47 Å². The molecule has 0 aliphatic heterocycles.